The van der Waals surface area contributed by atoms with Crippen LogP contribution in [0.1, 0.15) is 6.92 Å². The van der Waals surface area contributed by atoms with Crippen LogP contribution < -0.4 is 9.16 Å². The number of para-hydroxylation sites is 2. The molecule has 0 atom stereocenters. The number of hydrogen-bond acceptors (Lipinski definition) is 2. The molecule has 2 nitrogen and oxygen atoms in total. The lowest BCUT2D eigenvalue weighted by Crippen LogP contribution is -2.00. The molecular weight excluding hydrogens is 168 g/mol. The minimum atomic E-state index is 0.512. The van der Waals surface area contributed by atoms with Gasteiger partial charge in [-0.05, 0) is 18.2 Å². The van der Waals surface area contributed by atoms with E-state index in [-0.39, 0.29) is 0 Å². The summed E-state index contributed by atoms with van der Waals surface area (Å²) in [7, 11) is 2.16. The van der Waals surface area contributed by atoms with Gasteiger partial charge in [-0.3, -0.25) is 0 Å². The lowest BCUT2D eigenvalue weighted by atomic mass is 10.3. The average molecular weight is 180 g/mol. The van der Waals surface area contributed by atoms with Crippen LogP contribution in [0.4, 0.5) is 0 Å². The van der Waals surface area contributed by atoms with E-state index < -0.39 is 0 Å². The lowest BCUT2D eigenvalue weighted by Gasteiger charge is -2.08. The highest BCUT2D eigenvalue weighted by Crippen LogP contribution is 2.25. The molecule has 12 heavy (non-hydrogen) atoms. The summed E-state index contributed by atoms with van der Waals surface area (Å²) >= 11 is 0. The minimum Gasteiger partial charge on any atom is -0.538 e. The molecule has 0 amide bonds. The van der Waals surface area contributed by atoms with Gasteiger partial charge in [-0.25, -0.2) is 0 Å². The molecule has 0 saturated carbocycles. The Morgan fingerprint density at radius 1 is 1.25 bits per heavy atom. The molecule has 0 fully saturated rings. The Bertz CT molecular complexity index is 238. The van der Waals surface area contributed by atoms with Crippen molar-refractivity contribution in [3.05, 3.63) is 24.3 Å². The van der Waals surface area contributed by atoms with Crippen molar-refractivity contribution in [3.8, 4) is 11.5 Å². The van der Waals surface area contributed by atoms with E-state index in [2.05, 4.69) is 6.92 Å². The van der Waals surface area contributed by atoms with Crippen LogP contribution in [0.15, 0.2) is 24.3 Å². The Kier molecular flexibility index (Phi) is 3.67. The zero-order valence-corrected chi connectivity index (χ0v) is 8.33. The molecule has 1 aromatic rings. The SMILES string of the molecule is CC[Si]Oc1ccccc1OC. The van der Waals surface area contributed by atoms with Crippen LogP contribution in [0.2, 0.25) is 6.04 Å². The lowest BCUT2D eigenvalue weighted by molar-refractivity contribution is 0.395. The van der Waals surface area contributed by atoms with E-state index in [1.165, 1.54) is 0 Å². The van der Waals surface area contributed by atoms with E-state index in [0.717, 1.165) is 17.5 Å². The van der Waals surface area contributed by atoms with E-state index in [4.69, 9.17) is 9.16 Å². The Labute approximate surface area is 75.5 Å². The van der Waals surface area contributed by atoms with Crippen molar-refractivity contribution in [2.45, 2.75) is 13.0 Å². The minimum absolute atomic E-state index is 0.512. The van der Waals surface area contributed by atoms with Crippen LogP contribution in [-0.2, 0) is 0 Å². The molecule has 0 aliphatic carbocycles. The Morgan fingerprint density at radius 2 is 1.92 bits per heavy atom. The van der Waals surface area contributed by atoms with Crippen molar-refractivity contribution < 1.29 is 9.16 Å². The molecule has 0 saturated heterocycles. The Hall–Kier alpha value is -0.963. The van der Waals surface area contributed by atoms with Gasteiger partial charge in [0.15, 0.2) is 5.75 Å². The summed E-state index contributed by atoms with van der Waals surface area (Å²) in [6, 6.07) is 8.73. The molecule has 64 valence electrons. The molecule has 2 radical (unpaired) electrons. The monoisotopic (exact) mass is 180 g/mol. The van der Waals surface area contributed by atoms with Crippen LogP contribution in [-0.4, -0.2) is 16.9 Å². The molecule has 0 aliphatic rings. The van der Waals surface area contributed by atoms with E-state index >= 15 is 0 Å². The van der Waals surface area contributed by atoms with Gasteiger partial charge in [0, 0.05) is 0 Å². The van der Waals surface area contributed by atoms with Crippen molar-refractivity contribution in [1.29, 1.82) is 0 Å². The molecule has 3 heteroatoms. The van der Waals surface area contributed by atoms with Gasteiger partial charge in [-0.1, -0.05) is 19.1 Å². The second kappa shape index (κ2) is 4.82. The zero-order chi connectivity index (χ0) is 8.81. The van der Waals surface area contributed by atoms with Gasteiger partial charge in [-0.2, -0.15) is 0 Å². The number of benzene rings is 1. The van der Waals surface area contributed by atoms with Crippen LogP contribution in [0, 0.1) is 0 Å². The molecule has 0 bridgehead atoms. The molecule has 0 spiro atoms. The van der Waals surface area contributed by atoms with Gasteiger partial charge in [0.05, 0.1) is 7.11 Å². The summed E-state index contributed by atoms with van der Waals surface area (Å²) in [6.07, 6.45) is 0. The van der Waals surface area contributed by atoms with Crippen LogP contribution in [0.5, 0.6) is 11.5 Å². The first-order valence-electron chi connectivity index (χ1n) is 3.91. The predicted molar refractivity (Wildman–Crippen MR) is 49.9 cm³/mol. The van der Waals surface area contributed by atoms with E-state index in [0.29, 0.717) is 9.76 Å². The van der Waals surface area contributed by atoms with Crippen LogP contribution in [0.3, 0.4) is 0 Å². The maximum absolute atomic E-state index is 5.48. The standard InChI is InChI=1S/C9H12O2Si/c1-3-12-11-9-7-5-4-6-8(9)10-2/h4-7H,3H2,1-2H3. The van der Waals surface area contributed by atoms with Gasteiger partial charge >= 0.3 is 9.76 Å². The number of ether oxygens (including phenoxy) is 1. The Balaban J connectivity index is 2.68. The van der Waals surface area contributed by atoms with Gasteiger partial charge in [0.2, 0.25) is 0 Å². The van der Waals surface area contributed by atoms with Crippen molar-refractivity contribution >= 4 is 9.76 Å². The van der Waals surface area contributed by atoms with E-state index in [1.807, 2.05) is 24.3 Å². The first kappa shape index (κ1) is 9.13. The van der Waals surface area contributed by atoms with E-state index in [9.17, 15) is 0 Å². The summed E-state index contributed by atoms with van der Waals surface area (Å²) < 4.78 is 10.6. The summed E-state index contributed by atoms with van der Waals surface area (Å²) in [5, 5.41) is 0. The summed E-state index contributed by atoms with van der Waals surface area (Å²) in [5.74, 6) is 1.64. The normalized spacial score (nSPS) is 9.50. The maximum atomic E-state index is 5.48. The Morgan fingerprint density at radius 3 is 2.50 bits per heavy atom. The smallest absolute Gasteiger partial charge is 0.310 e. The second-order valence-electron chi connectivity index (χ2n) is 2.25. The predicted octanol–water partition coefficient (Wildman–Crippen LogP) is 2.13. The fraction of sp³-hybridized carbons (Fsp3) is 0.333. The van der Waals surface area contributed by atoms with Gasteiger partial charge in [-0.15, -0.1) is 0 Å². The summed E-state index contributed by atoms with van der Waals surface area (Å²) in [5.41, 5.74) is 0. The largest absolute Gasteiger partial charge is 0.538 e. The first-order valence-corrected chi connectivity index (χ1v) is 5.02. The third-order valence-corrected chi connectivity index (χ3v) is 2.05. The molecule has 0 N–H and O–H groups in total. The average Bonchev–Trinajstić information content (AvgIpc) is 2.15. The molecule has 0 heterocycles. The third-order valence-electron chi connectivity index (χ3n) is 1.40. The highest BCUT2D eigenvalue weighted by atomic mass is 28.2. The maximum Gasteiger partial charge on any atom is 0.310 e. The number of methoxy groups -OCH3 is 1. The topological polar surface area (TPSA) is 18.5 Å². The van der Waals surface area contributed by atoms with Gasteiger partial charge in [0.25, 0.3) is 0 Å². The quantitative estimate of drug-likeness (QED) is 0.661. The fourth-order valence-corrected chi connectivity index (χ4v) is 1.32. The molecule has 0 unspecified atom stereocenters. The highest BCUT2D eigenvalue weighted by molar-refractivity contribution is 6.28. The molecule has 0 aliphatic heterocycles. The van der Waals surface area contributed by atoms with Gasteiger partial charge in [0.1, 0.15) is 5.75 Å². The van der Waals surface area contributed by atoms with E-state index in [1.54, 1.807) is 7.11 Å². The van der Waals surface area contributed by atoms with Crippen molar-refractivity contribution in [1.82, 2.24) is 0 Å². The van der Waals surface area contributed by atoms with Crippen LogP contribution >= 0.6 is 0 Å². The van der Waals surface area contributed by atoms with Crippen molar-refractivity contribution in [2.24, 2.45) is 0 Å². The molecule has 0 aromatic heterocycles. The fourth-order valence-electron chi connectivity index (χ4n) is 0.853. The number of rotatable bonds is 4. The molecule has 1 rings (SSSR count). The zero-order valence-electron chi connectivity index (χ0n) is 7.33. The first-order chi connectivity index (χ1) is 5.88. The third kappa shape index (κ3) is 2.27. The van der Waals surface area contributed by atoms with Crippen molar-refractivity contribution in [3.63, 3.8) is 0 Å². The summed E-state index contributed by atoms with van der Waals surface area (Å²) in [6.45, 7) is 2.09. The van der Waals surface area contributed by atoms with Crippen LogP contribution in [0.25, 0.3) is 0 Å². The number of hydrogen-bond donors (Lipinski definition) is 0. The molecule has 1 aromatic carbocycles. The summed E-state index contributed by atoms with van der Waals surface area (Å²) in [4.78, 5) is 0. The molecular formula is C9H12O2Si. The van der Waals surface area contributed by atoms with Gasteiger partial charge < -0.3 is 9.16 Å². The second-order valence-corrected chi connectivity index (χ2v) is 3.45. The highest BCUT2D eigenvalue weighted by Gasteiger charge is 2.00. The van der Waals surface area contributed by atoms with Crippen molar-refractivity contribution in [2.75, 3.05) is 7.11 Å².